The molecule has 10 heteroatoms. The molecule has 0 aliphatic carbocycles. The number of ether oxygens (including phenoxy) is 1. The lowest BCUT2D eigenvalue weighted by Gasteiger charge is -2.19. The second-order valence-electron chi connectivity index (χ2n) is 6.52. The van der Waals surface area contributed by atoms with E-state index in [1.165, 1.54) is 5.01 Å². The highest BCUT2D eigenvalue weighted by atomic mass is 127. The molecule has 1 aromatic heterocycles. The SMILES string of the molecule is COc1c(Nc2cc(Cl)cc3c2nc(C)n3PI)cccc1/C(N)=C(\C)N(C)N. The summed E-state index contributed by atoms with van der Waals surface area (Å²) >= 11 is 8.74. The van der Waals surface area contributed by atoms with Crippen molar-refractivity contribution in [2.45, 2.75) is 13.8 Å². The van der Waals surface area contributed by atoms with Gasteiger partial charge in [-0.3, -0.25) is 4.34 Å². The zero-order chi connectivity index (χ0) is 21.3. The van der Waals surface area contributed by atoms with E-state index in [-0.39, 0.29) is 0 Å². The minimum Gasteiger partial charge on any atom is -0.494 e. The monoisotopic (exact) mass is 544 g/mol. The lowest BCUT2D eigenvalue weighted by Crippen LogP contribution is -2.26. The maximum absolute atomic E-state index is 6.40. The van der Waals surface area contributed by atoms with E-state index in [4.69, 9.17) is 32.9 Å². The van der Waals surface area contributed by atoms with Crippen molar-refractivity contribution in [1.82, 2.24) is 14.3 Å². The van der Waals surface area contributed by atoms with E-state index in [2.05, 4.69) is 31.7 Å². The van der Waals surface area contributed by atoms with E-state index in [1.54, 1.807) is 14.2 Å². The number of imidazole rings is 1. The van der Waals surface area contributed by atoms with Crippen molar-refractivity contribution in [3.8, 4) is 5.75 Å². The topological polar surface area (TPSA) is 94.4 Å². The lowest BCUT2D eigenvalue weighted by atomic mass is 10.1. The first-order valence-corrected chi connectivity index (χ1v) is 13.2. The minimum atomic E-state index is 0.528. The van der Waals surface area contributed by atoms with Gasteiger partial charge in [0.15, 0.2) is 5.75 Å². The lowest BCUT2D eigenvalue weighted by molar-refractivity contribution is 0.414. The molecule has 1 atom stereocenters. The van der Waals surface area contributed by atoms with Gasteiger partial charge >= 0.3 is 0 Å². The maximum atomic E-state index is 6.40. The van der Waals surface area contributed by atoms with Crippen LogP contribution in [0.4, 0.5) is 11.4 Å². The van der Waals surface area contributed by atoms with Crippen molar-refractivity contribution >= 4 is 68.1 Å². The number of hydrazine groups is 1. The van der Waals surface area contributed by atoms with Gasteiger partial charge in [-0.1, -0.05) is 17.7 Å². The van der Waals surface area contributed by atoms with Crippen LogP contribution < -0.4 is 21.6 Å². The highest BCUT2D eigenvalue weighted by molar-refractivity contribution is 14.2. The van der Waals surface area contributed by atoms with Crippen molar-refractivity contribution in [3.05, 3.63) is 52.4 Å². The van der Waals surface area contributed by atoms with Gasteiger partial charge in [-0.05, 0) is 60.2 Å². The number of methoxy groups -OCH3 is 1. The summed E-state index contributed by atoms with van der Waals surface area (Å²) in [5.41, 5.74) is 11.8. The third-order valence-electron chi connectivity index (χ3n) is 4.67. The van der Waals surface area contributed by atoms with Crippen LogP contribution in [0.3, 0.4) is 0 Å². The number of rotatable bonds is 6. The fourth-order valence-electron chi connectivity index (χ4n) is 3.06. The number of aromatic nitrogens is 2. The predicted octanol–water partition coefficient (Wildman–Crippen LogP) is 4.99. The van der Waals surface area contributed by atoms with E-state index in [9.17, 15) is 0 Å². The van der Waals surface area contributed by atoms with Gasteiger partial charge in [0, 0.05) is 29.7 Å². The maximum Gasteiger partial charge on any atom is 0.151 e. The summed E-state index contributed by atoms with van der Waals surface area (Å²) in [5.74, 6) is 7.40. The Hall–Kier alpha value is -1.74. The smallest absolute Gasteiger partial charge is 0.151 e. The van der Waals surface area contributed by atoms with Crippen LogP contribution in [0.1, 0.15) is 18.3 Å². The summed E-state index contributed by atoms with van der Waals surface area (Å²) in [6, 6.07) is 9.53. The van der Waals surface area contributed by atoms with Crippen molar-refractivity contribution in [2.24, 2.45) is 11.6 Å². The predicted molar refractivity (Wildman–Crippen MR) is 132 cm³/mol. The fourth-order valence-corrected chi connectivity index (χ4v) is 5.53. The number of nitrogens with one attached hydrogen (secondary N) is 1. The van der Waals surface area contributed by atoms with Crippen LogP contribution in [0.5, 0.6) is 5.75 Å². The molecule has 0 saturated carbocycles. The van der Waals surface area contributed by atoms with Gasteiger partial charge in [0.25, 0.3) is 0 Å². The first kappa shape index (κ1) is 22.0. The Morgan fingerprint density at radius 3 is 2.69 bits per heavy atom. The summed E-state index contributed by atoms with van der Waals surface area (Å²) < 4.78 is 7.84. The molecule has 29 heavy (non-hydrogen) atoms. The molecule has 0 fully saturated rings. The normalized spacial score (nSPS) is 12.5. The number of nitrogens with two attached hydrogens (primary N) is 2. The van der Waals surface area contributed by atoms with Gasteiger partial charge in [0.2, 0.25) is 0 Å². The zero-order valence-corrected chi connectivity index (χ0v) is 20.5. The number of hydrogen-bond acceptors (Lipinski definition) is 6. The molecule has 1 heterocycles. The number of halogens is 2. The van der Waals surface area contributed by atoms with Crippen molar-refractivity contribution < 1.29 is 4.74 Å². The summed E-state index contributed by atoms with van der Waals surface area (Å²) in [4.78, 5) is 4.73. The molecule has 3 rings (SSSR count). The number of allylic oxidation sites excluding steroid dienone is 1. The number of benzene rings is 2. The molecule has 0 saturated heterocycles. The van der Waals surface area contributed by atoms with E-state index in [0.717, 1.165) is 39.5 Å². The van der Waals surface area contributed by atoms with Crippen LogP contribution in [0, 0.1) is 6.92 Å². The second kappa shape index (κ2) is 8.95. The number of nitrogens with zero attached hydrogens (tertiary/aromatic N) is 3. The molecule has 154 valence electrons. The van der Waals surface area contributed by atoms with Gasteiger partial charge in [-0.15, -0.1) is 0 Å². The van der Waals surface area contributed by atoms with Gasteiger partial charge in [-0.2, -0.15) is 0 Å². The number of fused-ring (bicyclic) bond motifs is 1. The molecule has 1 unspecified atom stereocenters. The molecular weight excluding hydrogens is 522 g/mol. The number of hydrogen-bond donors (Lipinski definition) is 3. The van der Waals surface area contributed by atoms with Gasteiger partial charge < -0.3 is 20.8 Å². The number of anilines is 2. The summed E-state index contributed by atoms with van der Waals surface area (Å²) in [7, 11) is 3.36. The molecule has 0 aliphatic heterocycles. The Balaban J connectivity index is 2.15. The molecule has 0 radical (unpaired) electrons. The highest BCUT2D eigenvalue weighted by Crippen LogP contribution is 2.39. The van der Waals surface area contributed by atoms with Crippen LogP contribution in [0.25, 0.3) is 16.7 Å². The molecule has 0 bridgehead atoms. The Kier molecular flexibility index (Phi) is 6.78. The Bertz CT molecular complexity index is 1100. The average Bonchev–Trinajstić information content (AvgIpc) is 3.01. The van der Waals surface area contributed by atoms with Gasteiger partial charge in [0.1, 0.15) is 11.3 Å². The standard InChI is InChI=1S/C19H23ClIN6OP/c1-10(26(3)23)17(22)13-6-5-7-14(19(13)28-4)25-15-8-12(20)9-16-18(15)24-11(2)27(16)29-21/h5-9,25,29H,22-23H2,1-4H3/b17-10-. The molecule has 0 spiro atoms. The molecule has 5 N–H and O–H groups in total. The third kappa shape index (κ3) is 4.26. The van der Waals surface area contributed by atoms with E-state index >= 15 is 0 Å². The van der Waals surface area contributed by atoms with Crippen molar-refractivity contribution in [1.29, 1.82) is 0 Å². The fraction of sp³-hybridized carbons (Fsp3) is 0.211. The molecule has 3 aromatic rings. The first-order valence-electron chi connectivity index (χ1n) is 8.72. The summed E-state index contributed by atoms with van der Waals surface area (Å²) in [5, 5.41) is 5.54. The van der Waals surface area contributed by atoms with E-state index in [0.29, 0.717) is 22.8 Å². The molecular formula is C19H23ClIN6OP. The average molecular weight is 545 g/mol. The van der Waals surface area contributed by atoms with Crippen LogP contribution in [-0.2, 0) is 0 Å². The zero-order valence-electron chi connectivity index (χ0n) is 16.5. The van der Waals surface area contributed by atoms with Gasteiger partial charge in [0.05, 0.1) is 29.7 Å². The van der Waals surface area contributed by atoms with Crippen LogP contribution in [0.15, 0.2) is 36.0 Å². The van der Waals surface area contributed by atoms with Gasteiger partial charge in [-0.25, -0.2) is 10.8 Å². The van der Waals surface area contributed by atoms with Crippen molar-refractivity contribution in [3.63, 3.8) is 0 Å². The van der Waals surface area contributed by atoms with Crippen LogP contribution >= 0.6 is 40.0 Å². The van der Waals surface area contributed by atoms with Crippen LogP contribution in [-0.4, -0.2) is 28.5 Å². The summed E-state index contributed by atoms with van der Waals surface area (Å²) in [6.45, 7) is 3.84. The Morgan fingerprint density at radius 1 is 1.34 bits per heavy atom. The Labute approximate surface area is 189 Å². The van der Waals surface area contributed by atoms with E-state index in [1.807, 2.05) is 44.2 Å². The van der Waals surface area contributed by atoms with E-state index < -0.39 is 0 Å². The largest absolute Gasteiger partial charge is 0.494 e. The quantitative estimate of drug-likeness (QED) is 0.175. The summed E-state index contributed by atoms with van der Waals surface area (Å²) in [6.07, 6.45) is 0.528. The minimum absolute atomic E-state index is 0.528. The van der Waals surface area contributed by atoms with Crippen LogP contribution in [0.2, 0.25) is 5.02 Å². The molecule has 2 aromatic carbocycles. The molecule has 0 aliphatic rings. The number of aryl methyl sites for hydroxylation is 1. The first-order chi connectivity index (χ1) is 13.8. The highest BCUT2D eigenvalue weighted by Gasteiger charge is 2.17. The molecule has 0 amide bonds. The molecule has 7 nitrogen and oxygen atoms in total. The third-order valence-corrected chi connectivity index (χ3v) is 7.07. The second-order valence-corrected chi connectivity index (χ2v) is 9.02. The Morgan fingerprint density at radius 2 is 2.07 bits per heavy atom. The van der Waals surface area contributed by atoms with Crippen molar-refractivity contribution in [2.75, 3.05) is 19.5 Å². The number of para-hydroxylation sites is 1.